The molecular formula is C20H22ClN3O7S. The Bertz CT molecular complexity index is 1140. The van der Waals surface area contributed by atoms with Crippen molar-refractivity contribution in [3.63, 3.8) is 0 Å². The number of hydrogen-bond acceptors (Lipinski definition) is 7. The number of sulfonamides is 1. The molecule has 0 radical (unpaired) electrons. The van der Waals surface area contributed by atoms with Crippen LogP contribution in [-0.4, -0.2) is 36.9 Å². The van der Waals surface area contributed by atoms with Gasteiger partial charge in [0.1, 0.15) is 4.90 Å². The number of non-ortho nitro benzene ring substituents is 1. The molecule has 0 saturated heterocycles. The third-order valence-corrected chi connectivity index (χ3v) is 6.14. The Morgan fingerprint density at radius 1 is 1.12 bits per heavy atom. The fraction of sp³-hybridized carbons (Fsp3) is 0.300. The molecule has 12 heteroatoms. The van der Waals surface area contributed by atoms with Crippen molar-refractivity contribution in [2.75, 3.05) is 5.32 Å². The first-order valence-electron chi connectivity index (χ1n) is 9.29. The van der Waals surface area contributed by atoms with Crippen LogP contribution < -0.4 is 10.0 Å². The fourth-order valence-electron chi connectivity index (χ4n) is 2.49. The average molecular weight is 484 g/mol. The van der Waals surface area contributed by atoms with Crippen LogP contribution in [0.4, 0.5) is 11.4 Å². The number of nitrogens with one attached hydrogen (secondary N) is 2. The molecule has 2 aromatic rings. The molecule has 0 aliphatic rings. The number of nitro groups is 1. The Balaban J connectivity index is 2.13. The number of benzene rings is 2. The number of anilines is 1. The largest absolute Gasteiger partial charge is 0.449 e. The zero-order valence-corrected chi connectivity index (χ0v) is 19.3. The van der Waals surface area contributed by atoms with Crippen molar-refractivity contribution < 1.29 is 27.7 Å². The molecule has 0 aliphatic carbocycles. The van der Waals surface area contributed by atoms with E-state index in [-0.39, 0.29) is 26.9 Å². The van der Waals surface area contributed by atoms with Gasteiger partial charge in [-0.25, -0.2) is 17.9 Å². The summed E-state index contributed by atoms with van der Waals surface area (Å²) in [5.74, 6) is -1.61. The van der Waals surface area contributed by atoms with Gasteiger partial charge >= 0.3 is 5.97 Å². The van der Waals surface area contributed by atoms with E-state index in [4.69, 9.17) is 16.3 Å². The van der Waals surface area contributed by atoms with Crippen LogP contribution in [0, 0.1) is 10.1 Å². The molecule has 2 N–H and O–H groups in total. The fourth-order valence-corrected chi connectivity index (χ4v) is 4.43. The van der Waals surface area contributed by atoms with Gasteiger partial charge in [-0.05, 0) is 58.0 Å². The highest BCUT2D eigenvalue weighted by Crippen LogP contribution is 2.24. The first-order valence-corrected chi connectivity index (χ1v) is 11.2. The Morgan fingerprint density at radius 2 is 1.72 bits per heavy atom. The van der Waals surface area contributed by atoms with Gasteiger partial charge in [-0.3, -0.25) is 14.9 Å². The molecule has 32 heavy (non-hydrogen) atoms. The van der Waals surface area contributed by atoms with Crippen molar-refractivity contribution in [3.05, 3.63) is 63.2 Å². The summed E-state index contributed by atoms with van der Waals surface area (Å²) in [5.41, 5.74) is -0.754. The van der Waals surface area contributed by atoms with Crippen LogP contribution in [0.25, 0.3) is 0 Å². The molecule has 0 fully saturated rings. The first-order chi connectivity index (χ1) is 14.7. The molecule has 0 heterocycles. The normalized spacial score (nSPS) is 12.7. The van der Waals surface area contributed by atoms with E-state index >= 15 is 0 Å². The number of esters is 1. The van der Waals surface area contributed by atoms with Crippen LogP contribution in [-0.2, 0) is 19.6 Å². The summed E-state index contributed by atoms with van der Waals surface area (Å²) in [6.45, 7) is 6.29. The second-order valence-electron chi connectivity index (χ2n) is 7.84. The van der Waals surface area contributed by atoms with E-state index in [0.29, 0.717) is 0 Å². The highest BCUT2D eigenvalue weighted by molar-refractivity contribution is 7.89. The van der Waals surface area contributed by atoms with Gasteiger partial charge in [-0.15, -0.1) is 0 Å². The number of nitro benzene ring substituents is 1. The quantitative estimate of drug-likeness (QED) is 0.348. The minimum Gasteiger partial charge on any atom is -0.449 e. The van der Waals surface area contributed by atoms with Gasteiger partial charge in [-0.2, -0.15) is 0 Å². The number of carbonyl (C=O) groups excluding carboxylic acids is 2. The summed E-state index contributed by atoms with van der Waals surface area (Å²) < 4.78 is 32.7. The third-order valence-electron chi connectivity index (χ3n) is 3.90. The highest BCUT2D eigenvalue weighted by Gasteiger charge is 2.26. The maximum absolute atomic E-state index is 12.6. The van der Waals surface area contributed by atoms with E-state index in [1.807, 2.05) is 0 Å². The Hall–Kier alpha value is -3.02. The maximum Gasteiger partial charge on any atom is 0.338 e. The lowest BCUT2D eigenvalue weighted by molar-refractivity contribution is -0.384. The SMILES string of the molecule is CC(OC(=O)c1ccc(Cl)c(S(=O)(=O)NC(C)(C)C)c1)C(=O)Nc1ccc([N+](=O)[O-])cc1. The average Bonchev–Trinajstić information content (AvgIpc) is 2.66. The summed E-state index contributed by atoms with van der Waals surface area (Å²) in [7, 11) is -4.02. The summed E-state index contributed by atoms with van der Waals surface area (Å²) >= 11 is 6.01. The van der Waals surface area contributed by atoms with Gasteiger partial charge in [0.15, 0.2) is 6.10 Å². The lowest BCUT2D eigenvalue weighted by atomic mass is 10.1. The van der Waals surface area contributed by atoms with E-state index in [9.17, 15) is 28.1 Å². The Kier molecular flexibility index (Phi) is 7.60. The van der Waals surface area contributed by atoms with Gasteiger partial charge in [0, 0.05) is 23.4 Å². The van der Waals surface area contributed by atoms with E-state index in [2.05, 4.69) is 10.0 Å². The summed E-state index contributed by atoms with van der Waals surface area (Å²) in [4.78, 5) is 34.6. The van der Waals surface area contributed by atoms with E-state index in [0.717, 1.165) is 6.07 Å². The molecule has 1 unspecified atom stereocenters. The number of rotatable bonds is 7. The van der Waals surface area contributed by atoms with Crippen LogP contribution in [0.5, 0.6) is 0 Å². The van der Waals surface area contributed by atoms with Crippen molar-refractivity contribution in [2.24, 2.45) is 0 Å². The molecule has 0 spiro atoms. The van der Waals surface area contributed by atoms with Crippen LogP contribution in [0.2, 0.25) is 5.02 Å². The van der Waals surface area contributed by atoms with Crippen molar-refractivity contribution in [1.29, 1.82) is 0 Å². The van der Waals surface area contributed by atoms with Crippen LogP contribution >= 0.6 is 11.6 Å². The van der Waals surface area contributed by atoms with E-state index < -0.39 is 38.5 Å². The van der Waals surface area contributed by atoms with Crippen molar-refractivity contribution in [3.8, 4) is 0 Å². The van der Waals surface area contributed by atoms with E-state index in [1.54, 1.807) is 20.8 Å². The lowest BCUT2D eigenvalue weighted by Crippen LogP contribution is -2.40. The minimum atomic E-state index is -4.02. The molecule has 0 bridgehead atoms. The summed E-state index contributed by atoms with van der Waals surface area (Å²) in [5, 5.41) is 13.1. The molecule has 2 aromatic carbocycles. The molecule has 172 valence electrons. The molecule has 2 rings (SSSR count). The second kappa shape index (κ2) is 9.63. The van der Waals surface area contributed by atoms with Crippen molar-refractivity contribution >= 4 is 44.9 Å². The minimum absolute atomic E-state index is 0.0812. The molecule has 0 saturated carbocycles. The summed E-state index contributed by atoms with van der Waals surface area (Å²) in [6, 6.07) is 8.70. The zero-order chi connectivity index (χ0) is 24.3. The number of hydrogen-bond donors (Lipinski definition) is 2. The van der Waals surface area contributed by atoms with Crippen LogP contribution in [0.3, 0.4) is 0 Å². The highest BCUT2D eigenvalue weighted by atomic mass is 35.5. The lowest BCUT2D eigenvalue weighted by Gasteiger charge is -2.21. The molecule has 0 aromatic heterocycles. The molecule has 1 amide bonds. The third kappa shape index (κ3) is 6.74. The number of amides is 1. The number of carbonyl (C=O) groups is 2. The predicted octanol–water partition coefficient (Wildman–Crippen LogP) is 3.51. The smallest absolute Gasteiger partial charge is 0.338 e. The number of ether oxygens (including phenoxy) is 1. The first kappa shape index (κ1) is 25.2. The van der Waals surface area contributed by atoms with Gasteiger partial charge < -0.3 is 10.1 Å². The molecule has 1 atom stereocenters. The second-order valence-corrected chi connectivity index (χ2v) is 9.90. The van der Waals surface area contributed by atoms with Gasteiger partial charge in [0.2, 0.25) is 10.0 Å². The zero-order valence-electron chi connectivity index (χ0n) is 17.7. The molecular weight excluding hydrogens is 462 g/mol. The van der Waals surface area contributed by atoms with Gasteiger partial charge in [-0.1, -0.05) is 11.6 Å². The monoisotopic (exact) mass is 483 g/mol. The van der Waals surface area contributed by atoms with Crippen LogP contribution in [0.1, 0.15) is 38.1 Å². The Morgan fingerprint density at radius 3 is 2.25 bits per heavy atom. The Labute approximate surface area is 190 Å². The van der Waals surface area contributed by atoms with Crippen molar-refractivity contribution in [2.45, 2.75) is 44.2 Å². The number of nitrogens with zero attached hydrogens (tertiary/aromatic N) is 1. The van der Waals surface area contributed by atoms with Crippen molar-refractivity contribution in [1.82, 2.24) is 4.72 Å². The standard InChI is InChI=1S/C20H22ClN3O7S/c1-12(18(25)22-14-6-8-15(9-7-14)24(27)28)31-19(26)13-5-10-16(21)17(11-13)32(29,30)23-20(2,3)4/h5-12,23H,1-4H3,(H,22,25). The summed E-state index contributed by atoms with van der Waals surface area (Å²) in [6.07, 6.45) is -1.24. The maximum atomic E-state index is 12.6. The topological polar surface area (TPSA) is 145 Å². The molecule has 0 aliphatic heterocycles. The molecule has 10 nitrogen and oxygen atoms in total. The van der Waals surface area contributed by atoms with Gasteiger partial charge in [0.05, 0.1) is 15.5 Å². The number of halogens is 1. The van der Waals surface area contributed by atoms with Crippen LogP contribution in [0.15, 0.2) is 47.4 Å². The van der Waals surface area contributed by atoms with E-state index in [1.165, 1.54) is 43.3 Å². The predicted molar refractivity (Wildman–Crippen MR) is 118 cm³/mol. The van der Waals surface area contributed by atoms with Gasteiger partial charge in [0.25, 0.3) is 11.6 Å².